The fourth-order valence-electron chi connectivity index (χ4n) is 1.43. The van der Waals surface area contributed by atoms with Crippen molar-refractivity contribution >= 4 is 40.5 Å². The number of hydrogen-bond donors (Lipinski definition) is 1. The molecule has 100 valence electrons. The Kier molecular flexibility index (Phi) is 3.85. The van der Waals surface area contributed by atoms with Crippen LogP contribution in [0.3, 0.4) is 0 Å². The van der Waals surface area contributed by atoms with Crippen molar-refractivity contribution in [1.29, 1.82) is 0 Å². The van der Waals surface area contributed by atoms with Crippen LogP contribution in [0.4, 0.5) is 0 Å². The summed E-state index contributed by atoms with van der Waals surface area (Å²) in [6.45, 7) is 3.26. The number of aliphatic carboxylic acids is 1. The third-order valence-electron chi connectivity index (χ3n) is 2.85. The maximum absolute atomic E-state index is 11.2. The predicted octanol–water partition coefficient (Wildman–Crippen LogP) is 4.48. The number of thiazole rings is 1. The third-order valence-corrected chi connectivity index (χ3v) is 4.48. The molecule has 2 aromatic rings. The molecule has 0 bridgehead atoms. The van der Waals surface area contributed by atoms with E-state index in [1.54, 1.807) is 31.4 Å². The van der Waals surface area contributed by atoms with Crippen molar-refractivity contribution < 1.29 is 9.90 Å². The Balaban J connectivity index is 2.41. The number of halogens is 2. The first-order valence-electron chi connectivity index (χ1n) is 5.47. The predicted molar refractivity (Wildman–Crippen MR) is 78.2 cm³/mol. The molecule has 0 fully saturated rings. The van der Waals surface area contributed by atoms with Crippen LogP contribution in [0, 0.1) is 0 Å². The summed E-state index contributed by atoms with van der Waals surface area (Å²) in [7, 11) is 0. The van der Waals surface area contributed by atoms with Gasteiger partial charge < -0.3 is 5.11 Å². The topological polar surface area (TPSA) is 50.2 Å². The molecule has 1 heterocycles. The molecular weight excluding hydrogens is 305 g/mol. The first-order chi connectivity index (χ1) is 8.82. The summed E-state index contributed by atoms with van der Waals surface area (Å²) in [6, 6.07) is 5.23. The van der Waals surface area contributed by atoms with E-state index in [9.17, 15) is 9.90 Å². The van der Waals surface area contributed by atoms with Gasteiger partial charge in [-0.2, -0.15) is 0 Å². The lowest BCUT2D eigenvalue weighted by molar-refractivity contribution is -0.142. The minimum Gasteiger partial charge on any atom is -0.481 e. The number of aromatic nitrogens is 1. The van der Waals surface area contributed by atoms with Crippen LogP contribution in [0.1, 0.15) is 19.5 Å². The quantitative estimate of drug-likeness (QED) is 0.908. The van der Waals surface area contributed by atoms with Crippen molar-refractivity contribution in [1.82, 2.24) is 4.98 Å². The molecule has 0 saturated heterocycles. The standard InChI is InChI=1S/C13H11Cl2NO2S/c1-13(2,12(17)18)10-6-19-11(16-10)7-3-4-8(14)9(15)5-7/h3-6H,1-2H3,(H,17,18). The Labute approximate surface area is 124 Å². The van der Waals surface area contributed by atoms with Crippen LogP contribution in [0.15, 0.2) is 23.6 Å². The molecule has 1 aromatic heterocycles. The van der Waals surface area contributed by atoms with Gasteiger partial charge in [0.2, 0.25) is 0 Å². The average Bonchev–Trinajstić information content (AvgIpc) is 2.82. The van der Waals surface area contributed by atoms with Crippen molar-refractivity contribution in [3.63, 3.8) is 0 Å². The van der Waals surface area contributed by atoms with Gasteiger partial charge in [0, 0.05) is 10.9 Å². The molecule has 1 N–H and O–H groups in total. The SMILES string of the molecule is CC(C)(C(=O)O)c1csc(-c2ccc(Cl)c(Cl)c2)n1. The Morgan fingerprint density at radius 3 is 2.58 bits per heavy atom. The Morgan fingerprint density at radius 1 is 1.32 bits per heavy atom. The summed E-state index contributed by atoms with van der Waals surface area (Å²) in [5.41, 5.74) is 0.350. The normalized spacial score (nSPS) is 11.6. The van der Waals surface area contributed by atoms with E-state index in [0.717, 1.165) is 10.6 Å². The summed E-state index contributed by atoms with van der Waals surface area (Å²) in [4.78, 5) is 15.6. The van der Waals surface area contributed by atoms with E-state index in [0.29, 0.717) is 15.7 Å². The zero-order chi connectivity index (χ0) is 14.2. The van der Waals surface area contributed by atoms with Gasteiger partial charge >= 0.3 is 5.97 Å². The second-order valence-corrected chi connectivity index (χ2v) is 6.27. The van der Waals surface area contributed by atoms with E-state index in [1.807, 2.05) is 6.07 Å². The van der Waals surface area contributed by atoms with E-state index in [4.69, 9.17) is 23.2 Å². The van der Waals surface area contributed by atoms with E-state index in [2.05, 4.69) is 4.98 Å². The molecule has 2 rings (SSSR count). The van der Waals surface area contributed by atoms with E-state index >= 15 is 0 Å². The minimum absolute atomic E-state index is 0.452. The highest BCUT2D eigenvalue weighted by Crippen LogP contribution is 2.33. The molecule has 19 heavy (non-hydrogen) atoms. The first kappa shape index (κ1) is 14.3. The summed E-state index contributed by atoms with van der Waals surface area (Å²) in [5.74, 6) is -0.904. The molecule has 0 amide bonds. The van der Waals surface area contributed by atoms with Crippen molar-refractivity contribution in [2.45, 2.75) is 19.3 Å². The molecule has 0 radical (unpaired) electrons. The van der Waals surface area contributed by atoms with Crippen LogP contribution in [-0.4, -0.2) is 16.1 Å². The summed E-state index contributed by atoms with van der Waals surface area (Å²) >= 11 is 13.2. The van der Waals surface area contributed by atoms with E-state index < -0.39 is 11.4 Å². The van der Waals surface area contributed by atoms with Crippen LogP contribution in [0.25, 0.3) is 10.6 Å². The van der Waals surface area contributed by atoms with Gasteiger partial charge in [0.05, 0.1) is 15.7 Å². The monoisotopic (exact) mass is 315 g/mol. The largest absolute Gasteiger partial charge is 0.481 e. The number of benzene rings is 1. The van der Waals surface area contributed by atoms with Crippen LogP contribution in [0.2, 0.25) is 10.0 Å². The molecule has 0 atom stereocenters. The maximum atomic E-state index is 11.2. The average molecular weight is 316 g/mol. The van der Waals surface area contributed by atoms with Gasteiger partial charge in [0.15, 0.2) is 0 Å². The van der Waals surface area contributed by atoms with E-state index in [-0.39, 0.29) is 0 Å². The molecule has 0 aliphatic rings. The molecule has 0 aliphatic carbocycles. The van der Waals surface area contributed by atoms with E-state index in [1.165, 1.54) is 11.3 Å². The van der Waals surface area contributed by atoms with Gasteiger partial charge in [-0.05, 0) is 26.0 Å². The second-order valence-electron chi connectivity index (χ2n) is 4.60. The third kappa shape index (κ3) is 2.76. The van der Waals surface area contributed by atoms with Crippen LogP contribution in [0.5, 0.6) is 0 Å². The van der Waals surface area contributed by atoms with Crippen molar-refractivity contribution in [3.05, 3.63) is 39.3 Å². The Morgan fingerprint density at radius 2 is 2.00 bits per heavy atom. The van der Waals surface area contributed by atoms with Crippen LogP contribution >= 0.6 is 34.5 Å². The lowest BCUT2D eigenvalue weighted by Gasteiger charge is -2.15. The number of carboxylic acid groups (broad SMARTS) is 1. The smallest absolute Gasteiger partial charge is 0.315 e. The van der Waals surface area contributed by atoms with Crippen LogP contribution < -0.4 is 0 Å². The highest BCUT2D eigenvalue weighted by Gasteiger charge is 2.32. The van der Waals surface area contributed by atoms with Crippen LogP contribution in [-0.2, 0) is 10.2 Å². The molecule has 0 spiro atoms. The molecule has 0 aliphatic heterocycles. The molecule has 3 nitrogen and oxygen atoms in total. The van der Waals surface area contributed by atoms with Crippen molar-refractivity contribution in [2.24, 2.45) is 0 Å². The molecule has 0 unspecified atom stereocenters. The number of carboxylic acids is 1. The molecule has 1 aromatic carbocycles. The van der Waals surface area contributed by atoms with Gasteiger partial charge in [-0.25, -0.2) is 4.98 Å². The zero-order valence-corrected chi connectivity index (χ0v) is 12.6. The fourth-order valence-corrected chi connectivity index (χ4v) is 2.71. The summed E-state index contributed by atoms with van der Waals surface area (Å²) in [6.07, 6.45) is 0. The van der Waals surface area contributed by atoms with Crippen molar-refractivity contribution in [2.75, 3.05) is 0 Å². The van der Waals surface area contributed by atoms with Gasteiger partial charge in [-0.15, -0.1) is 11.3 Å². The Hall–Kier alpha value is -1.10. The second kappa shape index (κ2) is 5.12. The molecule has 6 heteroatoms. The number of nitrogens with zero attached hydrogens (tertiary/aromatic N) is 1. The number of rotatable bonds is 3. The lowest BCUT2D eigenvalue weighted by Crippen LogP contribution is -2.28. The fraction of sp³-hybridized carbons (Fsp3) is 0.231. The first-order valence-corrected chi connectivity index (χ1v) is 7.11. The number of carbonyl (C=O) groups is 1. The molecular formula is C13H11Cl2NO2S. The maximum Gasteiger partial charge on any atom is 0.315 e. The van der Waals surface area contributed by atoms with Gasteiger partial charge in [0.25, 0.3) is 0 Å². The zero-order valence-electron chi connectivity index (χ0n) is 10.3. The molecule has 0 saturated carbocycles. The van der Waals surface area contributed by atoms with Crippen molar-refractivity contribution in [3.8, 4) is 10.6 Å². The van der Waals surface area contributed by atoms with Gasteiger partial charge in [0.1, 0.15) is 10.4 Å². The summed E-state index contributed by atoms with van der Waals surface area (Å²) in [5, 5.41) is 12.6. The number of hydrogen-bond acceptors (Lipinski definition) is 3. The highest BCUT2D eigenvalue weighted by molar-refractivity contribution is 7.13. The van der Waals surface area contributed by atoms with Gasteiger partial charge in [-0.3, -0.25) is 4.79 Å². The highest BCUT2D eigenvalue weighted by atomic mass is 35.5. The van der Waals surface area contributed by atoms with Gasteiger partial charge in [-0.1, -0.05) is 29.3 Å². The minimum atomic E-state index is -1.01. The Bertz CT molecular complexity index is 637. The lowest BCUT2D eigenvalue weighted by atomic mass is 9.90. The summed E-state index contributed by atoms with van der Waals surface area (Å²) < 4.78 is 0.